The van der Waals surface area contributed by atoms with E-state index in [0.29, 0.717) is 43.8 Å². The molecule has 3 aliphatic rings. The molecule has 3 fully saturated rings. The maximum Gasteiger partial charge on any atom is 0.253 e. The number of hydrogen-bond acceptors (Lipinski definition) is 6. The lowest BCUT2D eigenvalue weighted by Gasteiger charge is -2.39. The van der Waals surface area contributed by atoms with Crippen LogP contribution in [-0.4, -0.2) is 89.3 Å². The minimum Gasteiger partial charge on any atom is -0.497 e. The van der Waals surface area contributed by atoms with Gasteiger partial charge in [-0.15, -0.1) is 13.2 Å². The Labute approximate surface area is 266 Å². The van der Waals surface area contributed by atoms with E-state index in [-0.39, 0.29) is 30.9 Å². The summed E-state index contributed by atoms with van der Waals surface area (Å²) in [5, 5.41) is 10.8. The van der Waals surface area contributed by atoms with Gasteiger partial charge in [0.05, 0.1) is 37.2 Å². The molecule has 3 amide bonds. The van der Waals surface area contributed by atoms with Gasteiger partial charge in [-0.2, -0.15) is 0 Å². The summed E-state index contributed by atoms with van der Waals surface area (Å²) in [5.41, 5.74) is -0.603. The summed E-state index contributed by atoms with van der Waals surface area (Å²) in [4.78, 5) is 48.9. The molecular formula is C36H45N3O6. The second kappa shape index (κ2) is 13.2. The molecule has 0 aromatic heterocycles. The Bertz CT molecular complexity index is 1410. The molecule has 2 aromatic carbocycles. The summed E-state index contributed by atoms with van der Waals surface area (Å²) in [6, 6.07) is 15.0. The van der Waals surface area contributed by atoms with Crippen molar-refractivity contribution in [1.82, 2.24) is 9.80 Å². The first-order chi connectivity index (χ1) is 21.7. The predicted molar refractivity (Wildman–Crippen MR) is 173 cm³/mol. The van der Waals surface area contributed by atoms with Gasteiger partial charge in [-0.3, -0.25) is 14.4 Å². The maximum absolute atomic E-state index is 14.9. The fourth-order valence-corrected chi connectivity index (χ4v) is 7.82. The number of fused-ring (bicyclic) bond motifs is 1. The summed E-state index contributed by atoms with van der Waals surface area (Å²) in [6.45, 7) is 12.4. The van der Waals surface area contributed by atoms with Crippen molar-refractivity contribution in [2.45, 2.75) is 62.8 Å². The van der Waals surface area contributed by atoms with E-state index >= 15 is 0 Å². The minimum atomic E-state index is -1.23. The Balaban J connectivity index is 1.63. The fraction of sp³-hybridized carbons (Fsp3) is 0.472. The van der Waals surface area contributed by atoms with Crippen molar-refractivity contribution in [3.8, 4) is 5.75 Å². The highest BCUT2D eigenvalue weighted by molar-refractivity contribution is 6.05. The van der Waals surface area contributed by atoms with Crippen molar-refractivity contribution in [3.05, 3.63) is 85.5 Å². The van der Waals surface area contributed by atoms with E-state index in [2.05, 4.69) is 13.2 Å². The molecule has 1 spiro atoms. The van der Waals surface area contributed by atoms with E-state index < -0.39 is 35.1 Å². The van der Waals surface area contributed by atoms with Gasteiger partial charge in [0.1, 0.15) is 17.4 Å². The van der Waals surface area contributed by atoms with Crippen LogP contribution in [0.1, 0.15) is 38.7 Å². The Hall–Kier alpha value is -3.95. The van der Waals surface area contributed by atoms with Gasteiger partial charge in [0, 0.05) is 25.3 Å². The number of rotatable bonds is 14. The van der Waals surface area contributed by atoms with Crippen LogP contribution in [0.15, 0.2) is 79.9 Å². The summed E-state index contributed by atoms with van der Waals surface area (Å²) < 4.78 is 12.2. The Morgan fingerprint density at radius 3 is 2.38 bits per heavy atom. The minimum absolute atomic E-state index is 0.158. The molecule has 3 saturated heterocycles. The second-order valence-corrected chi connectivity index (χ2v) is 12.5. The van der Waals surface area contributed by atoms with Gasteiger partial charge in [-0.25, -0.2) is 0 Å². The molecule has 5 rings (SSSR count). The normalized spacial score (nSPS) is 27.2. The number of aliphatic hydroxyl groups excluding tert-OH is 1. The first-order valence-corrected chi connectivity index (χ1v) is 15.8. The molecule has 1 N–H and O–H groups in total. The van der Waals surface area contributed by atoms with Gasteiger partial charge in [0.15, 0.2) is 0 Å². The zero-order valence-corrected chi connectivity index (χ0v) is 26.6. The number of nitrogens with zero attached hydrogens (tertiary/aromatic N) is 3. The van der Waals surface area contributed by atoms with Crippen LogP contribution in [0.5, 0.6) is 5.75 Å². The molecule has 2 unspecified atom stereocenters. The number of ether oxygens (including phenoxy) is 2. The van der Waals surface area contributed by atoms with Crippen molar-refractivity contribution in [2.75, 3.05) is 38.3 Å². The van der Waals surface area contributed by atoms with Gasteiger partial charge < -0.3 is 29.3 Å². The SMILES string of the molecule is C=CCN(CCC)C(=O)[C@H]1[C@H]2C(=O)N([C@@H](CO)Cc3ccccc3)C(C(=O)N(CC=C)c3ccc(OC)cc3)C23CC[C@]1(C)O3. The third-order valence-electron chi connectivity index (χ3n) is 9.75. The van der Waals surface area contributed by atoms with Crippen LogP contribution in [0, 0.1) is 11.8 Å². The summed E-state index contributed by atoms with van der Waals surface area (Å²) in [5.74, 6) is -1.81. The first kappa shape index (κ1) is 32.4. The van der Waals surface area contributed by atoms with E-state index in [1.165, 1.54) is 0 Å². The van der Waals surface area contributed by atoms with Gasteiger partial charge in [0.2, 0.25) is 11.8 Å². The van der Waals surface area contributed by atoms with Gasteiger partial charge >= 0.3 is 0 Å². The van der Waals surface area contributed by atoms with E-state index in [1.54, 1.807) is 58.2 Å². The molecule has 3 heterocycles. The van der Waals surface area contributed by atoms with Crippen molar-refractivity contribution in [3.63, 3.8) is 0 Å². The summed E-state index contributed by atoms with van der Waals surface area (Å²) >= 11 is 0. The van der Waals surface area contributed by atoms with Crippen LogP contribution >= 0.6 is 0 Å². The van der Waals surface area contributed by atoms with Gasteiger partial charge in [-0.1, -0.05) is 49.4 Å². The number of carbonyl (C=O) groups is 3. The van der Waals surface area contributed by atoms with Crippen LogP contribution in [-0.2, 0) is 25.5 Å². The Kier molecular flexibility index (Phi) is 9.51. The topological polar surface area (TPSA) is 99.6 Å². The molecule has 9 heteroatoms. The number of methoxy groups -OCH3 is 1. The van der Waals surface area contributed by atoms with Crippen molar-refractivity contribution in [2.24, 2.45) is 11.8 Å². The molecule has 0 saturated carbocycles. The van der Waals surface area contributed by atoms with Gasteiger partial charge in [-0.05, 0) is 62.4 Å². The maximum atomic E-state index is 14.9. The number of likely N-dealkylation sites (tertiary alicyclic amines) is 1. The highest BCUT2D eigenvalue weighted by Crippen LogP contribution is 2.64. The van der Waals surface area contributed by atoms with E-state index in [0.717, 1.165) is 12.0 Å². The van der Waals surface area contributed by atoms with Crippen LogP contribution in [0.25, 0.3) is 0 Å². The second-order valence-electron chi connectivity index (χ2n) is 12.5. The van der Waals surface area contributed by atoms with Crippen LogP contribution in [0.2, 0.25) is 0 Å². The number of carbonyl (C=O) groups excluding carboxylic acids is 3. The molecule has 45 heavy (non-hydrogen) atoms. The predicted octanol–water partition coefficient (Wildman–Crippen LogP) is 4.01. The molecule has 2 bridgehead atoms. The van der Waals surface area contributed by atoms with Crippen LogP contribution in [0.4, 0.5) is 5.69 Å². The lowest BCUT2D eigenvalue weighted by molar-refractivity contribution is -0.152. The van der Waals surface area contributed by atoms with Crippen molar-refractivity contribution >= 4 is 23.4 Å². The summed E-state index contributed by atoms with van der Waals surface area (Å²) in [6.07, 6.45) is 5.41. The van der Waals surface area contributed by atoms with E-state index in [9.17, 15) is 19.5 Å². The monoisotopic (exact) mass is 615 g/mol. The zero-order valence-electron chi connectivity index (χ0n) is 26.6. The zero-order chi connectivity index (χ0) is 32.4. The van der Waals surface area contributed by atoms with Crippen molar-refractivity contribution in [1.29, 1.82) is 0 Å². The average Bonchev–Trinajstić information content (AvgIpc) is 3.63. The number of benzene rings is 2. The largest absolute Gasteiger partial charge is 0.497 e. The number of amides is 3. The summed E-state index contributed by atoms with van der Waals surface area (Å²) in [7, 11) is 1.58. The molecule has 3 aliphatic heterocycles. The van der Waals surface area contributed by atoms with Crippen LogP contribution in [0.3, 0.4) is 0 Å². The number of anilines is 1. The first-order valence-electron chi connectivity index (χ1n) is 15.8. The molecule has 0 aliphatic carbocycles. The highest BCUT2D eigenvalue weighted by Gasteiger charge is 2.78. The quantitative estimate of drug-likeness (QED) is 0.323. The highest BCUT2D eigenvalue weighted by atomic mass is 16.5. The molecule has 0 radical (unpaired) electrons. The third kappa shape index (κ3) is 5.57. The Morgan fingerprint density at radius 2 is 1.78 bits per heavy atom. The molecule has 6 atom stereocenters. The van der Waals surface area contributed by atoms with Crippen molar-refractivity contribution < 1.29 is 29.0 Å². The molecule has 2 aromatic rings. The molecular weight excluding hydrogens is 570 g/mol. The lowest BCUT2D eigenvalue weighted by Crippen LogP contribution is -2.59. The van der Waals surface area contributed by atoms with E-state index in [4.69, 9.17) is 9.47 Å². The number of aliphatic hydroxyl groups is 1. The lowest BCUT2D eigenvalue weighted by atomic mass is 9.66. The fourth-order valence-electron chi connectivity index (χ4n) is 7.82. The standard InChI is InChI=1S/C36H45N3O6/c1-6-20-37(21-7-2)32(41)29-30-33(42)39(27(24-40)23-25-12-10-9-11-13-25)31(36(30)19-18-35(29,4)45-36)34(43)38(22-8-3)26-14-16-28(44-5)17-15-26/h6,8-17,27,29-31,40H,1,3,7,18-24H2,2,4-5H3/t27-,29-,30+,31?,35+,36?/m1/s1. The molecule has 240 valence electrons. The third-order valence-corrected chi connectivity index (χ3v) is 9.75. The smallest absolute Gasteiger partial charge is 0.253 e. The molecule has 9 nitrogen and oxygen atoms in total. The van der Waals surface area contributed by atoms with Gasteiger partial charge in [0.25, 0.3) is 5.91 Å². The Morgan fingerprint density at radius 1 is 1.09 bits per heavy atom. The van der Waals surface area contributed by atoms with E-state index in [1.807, 2.05) is 44.2 Å². The van der Waals surface area contributed by atoms with Crippen LogP contribution < -0.4 is 9.64 Å². The average molecular weight is 616 g/mol. The number of hydrogen-bond donors (Lipinski definition) is 1.